The van der Waals surface area contributed by atoms with E-state index in [9.17, 15) is 14.9 Å². The van der Waals surface area contributed by atoms with Crippen LogP contribution in [-0.4, -0.2) is 50.2 Å². The van der Waals surface area contributed by atoms with Crippen molar-refractivity contribution in [3.63, 3.8) is 0 Å². The van der Waals surface area contributed by atoms with Crippen LogP contribution in [-0.2, 0) is 19.1 Å². The number of carbonyl (C=O) groups is 2. The van der Waals surface area contributed by atoms with E-state index in [0.29, 0.717) is 17.1 Å². The van der Waals surface area contributed by atoms with Crippen molar-refractivity contribution in [2.45, 2.75) is 32.6 Å². The number of nitrogens with zero attached hydrogens (tertiary/aromatic N) is 2. The Hall–Kier alpha value is -3.67. The second-order valence-electron chi connectivity index (χ2n) is 7.40. The monoisotopic (exact) mass is 441 g/mol. The standard InChI is InChI=1S/C23H27N3O6/c1-4-30-23(28)20-14(2)32-22(25)16(12-24)21(20)15-7-8-17(18(11-15)29-3)31-13-19(27)26-9-5-6-10-26/h7-8,11,21H,4-6,9-10,13,25H2,1-3H3. The van der Waals surface area contributed by atoms with E-state index in [4.69, 9.17) is 24.7 Å². The van der Waals surface area contributed by atoms with E-state index in [1.807, 2.05) is 6.07 Å². The zero-order chi connectivity index (χ0) is 23.3. The summed E-state index contributed by atoms with van der Waals surface area (Å²) in [5.41, 5.74) is 6.80. The second-order valence-corrected chi connectivity index (χ2v) is 7.40. The van der Waals surface area contributed by atoms with Gasteiger partial charge in [-0.1, -0.05) is 6.07 Å². The first-order valence-corrected chi connectivity index (χ1v) is 10.4. The molecular formula is C23H27N3O6. The highest BCUT2D eigenvalue weighted by atomic mass is 16.5. The highest BCUT2D eigenvalue weighted by Crippen LogP contribution is 2.42. The minimum Gasteiger partial charge on any atom is -0.493 e. The molecule has 170 valence electrons. The van der Waals surface area contributed by atoms with Crippen molar-refractivity contribution in [1.82, 2.24) is 4.90 Å². The second kappa shape index (κ2) is 10.1. The quantitative estimate of drug-likeness (QED) is 0.640. The molecule has 0 spiro atoms. The van der Waals surface area contributed by atoms with Crippen LogP contribution in [0, 0.1) is 11.3 Å². The van der Waals surface area contributed by atoms with E-state index in [2.05, 4.69) is 0 Å². The molecular weight excluding hydrogens is 414 g/mol. The molecule has 0 radical (unpaired) electrons. The van der Waals surface area contributed by atoms with Crippen LogP contribution in [0.5, 0.6) is 11.5 Å². The van der Waals surface area contributed by atoms with Gasteiger partial charge in [-0.15, -0.1) is 0 Å². The van der Waals surface area contributed by atoms with Gasteiger partial charge >= 0.3 is 5.97 Å². The van der Waals surface area contributed by atoms with Crippen molar-refractivity contribution in [3.8, 4) is 17.6 Å². The van der Waals surface area contributed by atoms with Gasteiger partial charge in [0.05, 0.1) is 25.2 Å². The molecule has 0 bridgehead atoms. The number of amides is 1. The number of nitrogens with two attached hydrogens (primary N) is 1. The molecule has 0 aromatic heterocycles. The number of rotatable bonds is 7. The summed E-state index contributed by atoms with van der Waals surface area (Å²) in [7, 11) is 1.47. The van der Waals surface area contributed by atoms with Crippen LogP contribution in [0.15, 0.2) is 41.0 Å². The molecule has 3 rings (SSSR count). The van der Waals surface area contributed by atoms with Gasteiger partial charge in [0, 0.05) is 13.1 Å². The van der Waals surface area contributed by atoms with Crippen LogP contribution >= 0.6 is 0 Å². The lowest BCUT2D eigenvalue weighted by atomic mass is 9.83. The van der Waals surface area contributed by atoms with Crippen LogP contribution in [0.1, 0.15) is 38.2 Å². The molecule has 2 aliphatic rings. The lowest BCUT2D eigenvalue weighted by Gasteiger charge is -2.27. The highest BCUT2D eigenvalue weighted by Gasteiger charge is 2.36. The summed E-state index contributed by atoms with van der Waals surface area (Å²) in [6.07, 6.45) is 2.00. The normalized spacial score (nSPS) is 18.2. The Balaban J connectivity index is 1.92. The first-order valence-electron chi connectivity index (χ1n) is 10.4. The minimum atomic E-state index is -0.790. The van der Waals surface area contributed by atoms with Crippen LogP contribution in [0.3, 0.4) is 0 Å². The Bertz CT molecular complexity index is 1000. The number of benzene rings is 1. The van der Waals surface area contributed by atoms with Crippen LogP contribution in [0.2, 0.25) is 0 Å². The molecule has 1 aromatic rings. The number of hydrogen-bond donors (Lipinski definition) is 1. The number of nitriles is 1. The largest absolute Gasteiger partial charge is 0.493 e. The zero-order valence-corrected chi connectivity index (χ0v) is 18.5. The Morgan fingerprint density at radius 2 is 2.00 bits per heavy atom. The van der Waals surface area contributed by atoms with E-state index in [1.165, 1.54) is 7.11 Å². The van der Waals surface area contributed by atoms with E-state index in [1.54, 1.807) is 36.9 Å². The van der Waals surface area contributed by atoms with Crippen molar-refractivity contribution in [2.24, 2.45) is 5.73 Å². The molecule has 32 heavy (non-hydrogen) atoms. The van der Waals surface area contributed by atoms with Crippen molar-refractivity contribution in [3.05, 3.63) is 46.6 Å². The van der Waals surface area contributed by atoms with E-state index < -0.39 is 11.9 Å². The number of allylic oxidation sites excluding steroid dienone is 2. The number of ether oxygens (including phenoxy) is 4. The minimum absolute atomic E-state index is 0.0708. The Kier molecular flexibility index (Phi) is 7.25. The average molecular weight is 441 g/mol. The summed E-state index contributed by atoms with van der Waals surface area (Å²) in [6, 6.07) is 7.04. The number of esters is 1. The number of carbonyl (C=O) groups excluding carboxylic acids is 2. The molecule has 2 aliphatic heterocycles. The first-order chi connectivity index (χ1) is 15.4. The van der Waals surface area contributed by atoms with Gasteiger partial charge in [-0.2, -0.15) is 5.26 Å². The number of methoxy groups -OCH3 is 1. The molecule has 1 aromatic carbocycles. The maximum atomic E-state index is 12.7. The highest BCUT2D eigenvalue weighted by molar-refractivity contribution is 5.92. The fraction of sp³-hybridized carbons (Fsp3) is 0.435. The maximum Gasteiger partial charge on any atom is 0.338 e. The van der Waals surface area contributed by atoms with Gasteiger partial charge in [-0.3, -0.25) is 4.79 Å². The fourth-order valence-corrected chi connectivity index (χ4v) is 3.87. The third-order valence-electron chi connectivity index (χ3n) is 5.43. The smallest absolute Gasteiger partial charge is 0.338 e. The Morgan fingerprint density at radius 3 is 2.62 bits per heavy atom. The molecule has 1 fully saturated rings. The third kappa shape index (κ3) is 4.64. The maximum absolute atomic E-state index is 12.7. The molecule has 0 saturated carbocycles. The van der Waals surface area contributed by atoms with Gasteiger partial charge in [-0.25, -0.2) is 4.79 Å². The zero-order valence-electron chi connectivity index (χ0n) is 18.5. The predicted octanol–water partition coefficient (Wildman–Crippen LogP) is 2.34. The molecule has 1 unspecified atom stereocenters. The van der Waals surface area contributed by atoms with Crippen molar-refractivity contribution >= 4 is 11.9 Å². The van der Waals surface area contributed by atoms with Gasteiger partial charge in [0.25, 0.3) is 5.91 Å². The predicted molar refractivity (Wildman–Crippen MR) is 114 cm³/mol. The molecule has 0 aliphatic carbocycles. The van der Waals surface area contributed by atoms with Crippen molar-refractivity contribution in [1.29, 1.82) is 5.26 Å². The van der Waals surface area contributed by atoms with Crippen molar-refractivity contribution in [2.75, 3.05) is 33.4 Å². The molecule has 1 atom stereocenters. The van der Waals surface area contributed by atoms with Crippen molar-refractivity contribution < 1.29 is 28.5 Å². The van der Waals surface area contributed by atoms with Crippen LogP contribution in [0.25, 0.3) is 0 Å². The van der Waals surface area contributed by atoms with Crippen LogP contribution < -0.4 is 15.2 Å². The Labute approximate surface area is 187 Å². The van der Waals surface area contributed by atoms with E-state index in [-0.39, 0.29) is 41.9 Å². The van der Waals surface area contributed by atoms with Gasteiger partial charge < -0.3 is 29.6 Å². The molecule has 1 saturated heterocycles. The summed E-state index contributed by atoms with van der Waals surface area (Å²) in [6.45, 7) is 4.85. The van der Waals surface area contributed by atoms with E-state index >= 15 is 0 Å². The Morgan fingerprint density at radius 1 is 1.28 bits per heavy atom. The van der Waals surface area contributed by atoms with Crippen LogP contribution in [0.4, 0.5) is 0 Å². The summed E-state index contributed by atoms with van der Waals surface area (Å²) < 4.78 is 21.8. The molecule has 9 heteroatoms. The van der Waals surface area contributed by atoms with Gasteiger partial charge in [0.2, 0.25) is 5.88 Å². The molecule has 9 nitrogen and oxygen atoms in total. The van der Waals surface area contributed by atoms with E-state index in [0.717, 1.165) is 25.9 Å². The molecule has 2 heterocycles. The lowest BCUT2D eigenvalue weighted by molar-refractivity contribution is -0.139. The summed E-state index contributed by atoms with van der Waals surface area (Å²) in [4.78, 5) is 26.7. The first kappa shape index (κ1) is 23.0. The average Bonchev–Trinajstić information content (AvgIpc) is 3.32. The molecule has 1 amide bonds. The SMILES string of the molecule is CCOC(=O)C1=C(C)OC(N)=C(C#N)C1c1ccc(OCC(=O)N2CCCC2)c(OC)c1. The summed E-state index contributed by atoms with van der Waals surface area (Å²) in [5, 5.41) is 9.70. The molecule has 2 N–H and O–H groups in total. The summed E-state index contributed by atoms with van der Waals surface area (Å²) in [5.74, 6) is -0.528. The third-order valence-corrected chi connectivity index (χ3v) is 5.43. The number of likely N-dealkylation sites (tertiary alicyclic amines) is 1. The lowest BCUT2D eigenvalue weighted by Crippen LogP contribution is -2.32. The van der Waals surface area contributed by atoms with Gasteiger partial charge in [-0.05, 0) is 44.4 Å². The fourth-order valence-electron chi connectivity index (χ4n) is 3.87. The number of hydrogen-bond acceptors (Lipinski definition) is 8. The van der Waals surface area contributed by atoms with Gasteiger partial charge in [0.15, 0.2) is 18.1 Å². The van der Waals surface area contributed by atoms with Gasteiger partial charge in [0.1, 0.15) is 17.4 Å². The summed E-state index contributed by atoms with van der Waals surface area (Å²) >= 11 is 0. The topological polar surface area (TPSA) is 124 Å².